The van der Waals surface area contributed by atoms with Gasteiger partial charge in [0.1, 0.15) is 22.9 Å². The first-order valence-electron chi connectivity index (χ1n) is 9.68. The monoisotopic (exact) mass is 472 g/mol. The zero-order valence-corrected chi connectivity index (χ0v) is 16.3. The second-order valence-electron chi connectivity index (χ2n) is 7.43. The number of hydrogen-bond donors (Lipinski definition) is 0. The predicted molar refractivity (Wildman–Crippen MR) is 94.4 cm³/mol. The summed E-state index contributed by atoms with van der Waals surface area (Å²) in [6.45, 7) is 0. The third-order valence-electron chi connectivity index (χ3n) is 5.12. The van der Waals surface area contributed by atoms with Gasteiger partial charge in [-0.05, 0) is 36.5 Å². The molecule has 0 atom stereocenters. The number of halogens is 9. The Kier molecular flexibility index (Phi) is 6.85. The van der Waals surface area contributed by atoms with Crippen LogP contribution in [-0.4, -0.2) is 6.36 Å². The molecule has 0 amide bonds. The van der Waals surface area contributed by atoms with Crippen LogP contribution in [0.2, 0.25) is 0 Å². The maximum atomic E-state index is 14.5. The highest BCUT2D eigenvalue weighted by Gasteiger charge is 2.42. The van der Waals surface area contributed by atoms with Crippen molar-refractivity contribution in [1.29, 1.82) is 0 Å². The molecule has 0 aromatic heterocycles. The summed E-state index contributed by atoms with van der Waals surface area (Å²) in [5.41, 5.74) is -1.57. The van der Waals surface area contributed by atoms with Crippen LogP contribution in [0.25, 0.3) is 0 Å². The maximum absolute atomic E-state index is 14.5. The van der Waals surface area contributed by atoms with Gasteiger partial charge in [-0.2, -0.15) is 8.78 Å². The van der Waals surface area contributed by atoms with E-state index in [2.05, 4.69) is 9.47 Å². The Bertz CT molecular complexity index is 918. The van der Waals surface area contributed by atoms with Crippen molar-refractivity contribution >= 4 is 0 Å². The van der Waals surface area contributed by atoms with Crippen LogP contribution in [0, 0.1) is 23.3 Å². The van der Waals surface area contributed by atoms with Gasteiger partial charge in [0.2, 0.25) is 5.75 Å². The molecule has 2 nitrogen and oxygen atoms in total. The fourth-order valence-corrected chi connectivity index (χ4v) is 3.73. The van der Waals surface area contributed by atoms with Crippen LogP contribution in [0.5, 0.6) is 11.5 Å². The third kappa shape index (κ3) is 5.60. The normalized spacial score (nSPS) is 16.0. The number of hydrogen-bond acceptors (Lipinski definition) is 2. The minimum Gasteiger partial charge on any atom is -0.429 e. The van der Waals surface area contributed by atoms with E-state index in [9.17, 15) is 39.5 Å². The van der Waals surface area contributed by atoms with Gasteiger partial charge in [-0.1, -0.05) is 25.7 Å². The summed E-state index contributed by atoms with van der Waals surface area (Å²) in [5.74, 6) is -10.6. The van der Waals surface area contributed by atoms with Crippen LogP contribution in [0.3, 0.4) is 0 Å². The molecule has 176 valence electrons. The molecule has 0 spiro atoms. The molecule has 1 fully saturated rings. The smallest absolute Gasteiger partial charge is 0.429 e. The van der Waals surface area contributed by atoms with E-state index < -0.39 is 52.8 Å². The molecule has 3 rings (SSSR count). The van der Waals surface area contributed by atoms with E-state index in [4.69, 9.17) is 0 Å². The molecule has 0 N–H and O–H groups in total. The summed E-state index contributed by atoms with van der Waals surface area (Å²) in [6, 6.07) is 1.50. The molecule has 32 heavy (non-hydrogen) atoms. The lowest BCUT2D eigenvalue weighted by Crippen LogP contribution is -2.26. The SMILES string of the molecule is Fc1cc(OC(F)(F)c2c(F)cc(C3CCCCCC3)cc2F)cc(F)c1OC(F)(F)F. The van der Waals surface area contributed by atoms with Crippen molar-refractivity contribution in [3.63, 3.8) is 0 Å². The molecular weight excluding hydrogens is 455 g/mol. The van der Waals surface area contributed by atoms with E-state index in [1.807, 2.05) is 0 Å². The summed E-state index contributed by atoms with van der Waals surface area (Å²) >= 11 is 0. The van der Waals surface area contributed by atoms with E-state index in [1.54, 1.807) is 0 Å². The standard InChI is InChI=1S/C21H17F9O2/c22-14-7-12(11-5-3-1-2-4-6-11)8-15(23)18(14)20(26,27)31-13-9-16(24)19(17(25)10-13)32-21(28,29)30/h7-11H,1-6H2. The van der Waals surface area contributed by atoms with Crippen molar-refractivity contribution in [3.8, 4) is 11.5 Å². The van der Waals surface area contributed by atoms with Crippen LogP contribution < -0.4 is 9.47 Å². The Morgan fingerprint density at radius 3 is 1.62 bits per heavy atom. The van der Waals surface area contributed by atoms with E-state index in [0.717, 1.165) is 37.8 Å². The third-order valence-corrected chi connectivity index (χ3v) is 5.12. The highest BCUT2D eigenvalue weighted by Crippen LogP contribution is 2.40. The zero-order valence-electron chi connectivity index (χ0n) is 16.3. The predicted octanol–water partition coefficient (Wildman–Crippen LogP) is 7.71. The second-order valence-corrected chi connectivity index (χ2v) is 7.43. The number of rotatable bonds is 5. The lowest BCUT2D eigenvalue weighted by atomic mass is 9.90. The molecule has 0 bridgehead atoms. The van der Waals surface area contributed by atoms with E-state index in [1.165, 1.54) is 0 Å². The molecule has 1 aliphatic rings. The van der Waals surface area contributed by atoms with Gasteiger partial charge in [0.25, 0.3) is 0 Å². The second kappa shape index (κ2) is 9.11. The quantitative estimate of drug-likeness (QED) is 0.328. The first-order valence-corrected chi connectivity index (χ1v) is 9.68. The Balaban J connectivity index is 1.88. The largest absolute Gasteiger partial charge is 0.573 e. The number of ether oxygens (including phenoxy) is 2. The average molecular weight is 472 g/mol. The van der Waals surface area contributed by atoms with E-state index in [-0.39, 0.29) is 23.6 Å². The minimum absolute atomic E-state index is 0.0201. The summed E-state index contributed by atoms with van der Waals surface area (Å²) in [4.78, 5) is 0. The summed E-state index contributed by atoms with van der Waals surface area (Å²) in [5, 5.41) is 0. The highest BCUT2D eigenvalue weighted by molar-refractivity contribution is 5.37. The van der Waals surface area contributed by atoms with Crippen LogP contribution in [0.1, 0.15) is 55.6 Å². The fourth-order valence-electron chi connectivity index (χ4n) is 3.73. The van der Waals surface area contributed by atoms with Gasteiger partial charge in [-0.25, -0.2) is 17.6 Å². The Morgan fingerprint density at radius 2 is 1.16 bits per heavy atom. The topological polar surface area (TPSA) is 18.5 Å². The van der Waals surface area contributed by atoms with Gasteiger partial charge < -0.3 is 9.47 Å². The first-order chi connectivity index (χ1) is 14.9. The van der Waals surface area contributed by atoms with Crippen molar-refractivity contribution in [2.45, 2.75) is 56.9 Å². The molecule has 2 aromatic carbocycles. The van der Waals surface area contributed by atoms with Crippen molar-refractivity contribution in [3.05, 3.63) is 58.7 Å². The minimum atomic E-state index is -5.45. The Morgan fingerprint density at radius 1 is 0.656 bits per heavy atom. The number of alkyl halides is 5. The van der Waals surface area contributed by atoms with Crippen LogP contribution in [0.15, 0.2) is 24.3 Å². The van der Waals surface area contributed by atoms with E-state index in [0.29, 0.717) is 12.8 Å². The molecule has 0 saturated heterocycles. The van der Waals surface area contributed by atoms with Crippen LogP contribution >= 0.6 is 0 Å². The molecule has 2 aromatic rings. The Hall–Kier alpha value is -2.59. The molecule has 0 unspecified atom stereocenters. The summed E-state index contributed by atoms with van der Waals surface area (Å²) < 4.78 is 129. The molecule has 0 heterocycles. The van der Waals surface area contributed by atoms with Gasteiger partial charge in [0.15, 0.2) is 11.6 Å². The fraction of sp³-hybridized carbons (Fsp3) is 0.429. The van der Waals surface area contributed by atoms with Crippen molar-refractivity contribution in [2.24, 2.45) is 0 Å². The molecule has 0 aliphatic heterocycles. The maximum Gasteiger partial charge on any atom is 0.573 e. The van der Waals surface area contributed by atoms with Gasteiger partial charge in [-0.3, -0.25) is 0 Å². The molecule has 11 heteroatoms. The molecule has 1 aliphatic carbocycles. The van der Waals surface area contributed by atoms with E-state index >= 15 is 0 Å². The van der Waals surface area contributed by atoms with Crippen LogP contribution in [0.4, 0.5) is 39.5 Å². The van der Waals surface area contributed by atoms with Gasteiger partial charge in [-0.15, -0.1) is 13.2 Å². The Labute approximate surface area is 176 Å². The highest BCUT2D eigenvalue weighted by atomic mass is 19.4. The van der Waals surface area contributed by atoms with Crippen molar-refractivity contribution < 1.29 is 49.0 Å². The molecule has 0 radical (unpaired) electrons. The molecule has 1 saturated carbocycles. The molecular formula is C21H17F9O2. The lowest BCUT2D eigenvalue weighted by molar-refractivity contribution is -0.276. The summed E-state index contributed by atoms with van der Waals surface area (Å²) in [6.07, 6.45) is -5.27. The average Bonchev–Trinajstić information content (AvgIpc) is 2.92. The zero-order chi connectivity index (χ0) is 23.7. The van der Waals surface area contributed by atoms with Crippen LogP contribution in [-0.2, 0) is 6.11 Å². The summed E-state index contributed by atoms with van der Waals surface area (Å²) in [7, 11) is 0. The van der Waals surface area contributed by atoms with Crippen molar-refractivity contribution in [2.75, 3.05) is 0 Å². The van der Waals surface area contributed by atoms with Gasteiger partial charge >= 0.3 is 12.5 Å². The van der Waals surface area contributed by atoms with Gasteiger partial charge in [0, 0.05) is 12.1 Å². The first kappa shape index (κ1) is 24.1. The van der Waals surface area contributed by atoms with Crippen molar-refractivity contribution in [1.82, 2.24) is 0 Å². The van der Waals surface area contributed by atoms with Gasteiger partial charge in [0.05, 0.1) is 0 Å². The number of benzene rings is 2. The lowest BCUT2D eigenvalue weighted by Gasteiger charge is -2.22.